The zero-order valence-corrected chi connectivity index (χ0v) is 25.0. The molecule has 8 rings (SSSR count). The summed E-state index contributed by atoms with van der Waals surface area (Å²) < 4.78 is 5.54. The number of hydrogen-bond acceptors (Lipinski definition) is 5. The van der Waals surface area contributed by atoms with Crippen LogP contribution < -0.4 is 10.1 Å². The molecule has 0 bridgehead atoms. The third kappa shape index (κ3) is 3.74. The summed E-state index contributed by atoms with van der Waals surface area (Å²) in [6.07, 6.45) is 7.83. The lowest BCUT2D eigenvalue weighted by Crippen LogP contribution is -2.52. The zero-order chi connectivity index (χ0) is 29.3. The molecule has 1 unspecified atom stereocenters. The number of hydrogen-bond donors (Lipinski definition) is 1. The topological polar surface area (TPSA) is 53.9 Å². The SMILES string of the molecule is COc1ccc([C@@H]2[C@H]3CCCCN3[C@]3(C4=C(NC5C=C(C)C(C)=CC5=N4)c4ccccc43)[C@H]2C(=O)c2ccccc2)cc1. The Balaban J connectivity index is 1.42. The monoisotopic (exact) mass is 567 g/mol. The van der Waals surface area contributed by atoms with Crippen LogP contribution in [0.25, 0.3) is 5.70 Å². The molecule has 5 atom stereocenters. The predicted molar refractivity (Wildman–Crippen MR) is 171 cm³/mol. The van der Waals surface area contributed by atoms with Crippen LogP contribution in [0.3, 0.4) is 0 Å². The van der Waals surface area contributed by atoms with Crippen molar-refractivity contribution in [2.45, 2.75) is 56.7 Å². The number of piperidine rings is 1. The van der Waals surface area contributed by atoms with Gasteiger partial charge in [-0.1, -0.05) is 79.2 Å². The van der Waals surface area contributed by atoms with Gasteiger partial charge in [-0.3, -0.25) is 14.7 Å². The van der Waals surface area contributed by atoms with E-state index in [-0.39, 0.29) is 29.7 Å². The van der Waals surface area contributed by atoms with E-state index in [1.165, 1.54) is 27.8 Å². The highest BCUT2D eigenvalue weighted by Gasteiger charge is 2.67. The molecule has 0 radical (unpaired) electrons. The predicted octanol–water partition coefficient (Wildman–Crippen LogP) is 7.04. The van der Waals surface area contributed by atoms with E-state index in [2.05, 4.69) is 72.6 Å². The van der Waals surface area contributed by atoms with Crippen LogP contribution in [-0.2, 0) is 5.54 Å². The average Bonchev–Trinajstić information content (AvgIpc) is 3.51. The molecule has 0 aromatic heterocycles. The van der Waals surface area contributed by atoms with Crippen LogP contribution in [0.15, 0.2) is 113 Å². The number of carbonyl (C=O) groups is 1. The van der Waals surface area contributed by atoms with Gasteiger partial charge < -0.3 is 10.1 Å². The molecular weight excluding hydrogens is 530 g/mol. The molecule has 5 nitrogen and oxygen atoms in total. The fourth-order valence-electron chi connectivity index (χ4n) is 8.57. The van der Waals surface area contributed by atoms with E-state index in [9.17, 15) is 0 Å². The van der Waals surface area contributed by atoms with Crippen molar-refractivity contribution in [3.8, 4) is 5.75 Å². The van der Waals surface area contributed by atoms with Gasteiger partial charge in [0.25, 0.3) is 0 Å². The van der Waals surface area contributed by atoms with Gasteiger partial charge in [0.1, 0.15) is 11.3 Å². The molecule has 3 aromatic rings. The lowest BCUT2D eigenvalue weighted by Gasteiger charge is -2.45. The van der Waals surface area contributed by atoms with Crippen LogP contribution in [0.5, 0.6) is 5.75 Å². The summed E-state index contributed by atoms with van der Waals surface area (Å²) in [5.74, 6) is 0.667. The molecule has 0 saturated carbocycles. The van der Waals surface area contributed by atoms with Gasteiger partial charge in [0, 0.05) is 23.1 Å². The first-order chi connectivity index (χ1) is 21.0. The van der Waals surface area contributed by atoms with Gasteiger partial charge in [0.05, 0.1) is 36.2 Å². The van der Waals surface area contributed by atoms with Crippen LogP contribution in [-0.4, -0.2) is 42.1 Å². The highest BCUT2D eigenvalue weighted by atomic mass is 16.5. The van der Waals surface area contributed by atoms with Gasteiger partial charge in [0.2, 0.25) is 0 Å². The summed E-state index contributed by atoms with van der Waals surface area (Å²) in [5.41, 5.74) is 9.27. The second-order valence-electron chi connectivity index (χ2n) is 12.6. The standard InChI is InChI=1S/C38H37N3O2/c1-23-21-30-31(22-24(23)2)40-37-35(39-30)28-13-7-8-14-29(28)38(37)34(36(42)26-11-5-4-6-12-26)33(32-15-9-10-20-41(32)38)25-16-18-27(43-3)19-17-25/h4-8,11-14,16-19,21-22,30,32-34,39H,9-10,15,20H2,1-3H3/t30?,32-,33-,34-,38+/m1/s1. The lowest BCUT2D eigenvalue weighted by molar-refractivity contribution is 0.0648. The van der Waals surface area contributed by atoms with Gasteiger partial charge in [-0.2, -0.15) is 0 Å². The van der Waals surface area contributed by atoms with Crippen LogP contribution in [0, 0.1) is 5.92 Å². The Kier molecular flexibility index (Phi) is 6.09. The number of ether oxygens (including phenoxy) is 1. The van der Waals surface area contributed by atoms with E-state index in [1.54, 1.807) is 7.11 Å². The molecule has 2 saturated heterocycles. The van der Waals surface area contributed by atoms with Crippen LogP contribution in [0.1, 0.15) is 66.1 Å². The van der Waals surface area contributed by atoms with Crippen LogP contribution >= 0.6 is 0 Å². The number of fused-ring (bicyclic) bond motifs is 7. The molecule has 216 valence electrons. The van der Waals surface area contributed by atoms with E-state index in [0.29, 0.717) is 0 Å². The number of nitrogens with one attached hydrogen (secondary N) is 1. The second kappa shape index (κ2) is 9.92. The van der Waals surface area contributed by atoms with E-state index in [1.807, 2.05) is 42.5 Å². The average molecular weight is 568 g/mol. The number of Topliss-reactive ketones (excluding diaryl/α,β-unsaturated/α-hetero) is 1. The fraction of sp³-hybridized carbons (Fsp3) is 0.316. The normalized spacial score (nSPS) is 29.0. The van der Waals surface area contributed by atoms with Crippen molar-refractivity contribution in [3.05, 3.63) is 130 Å². The van der Waals surface area contributed by atoms with Crippen molar-refractivity contribution >= 4 is 17.2 Å². The fourth-order valence-corrected chi connectivity index (χ4v) is 8.57. The summed E-state index contributed by atoms with van der Waals surface area (Å²) in [5, 5.41) is 3.91. The Morgan fingerprint density at radius 1 is 0.953 bits per heavy atom. The first kappa shape index (κ1) is 26.4. The van der Waals surface area contributed by atoms with Crippen molar-refractivity contribution in [2.24, 2.45) is 10.9 Å². The molecule has 1 spiro atoms. The summed E-state index contributed by atoms with van der Waals surface area (Å²) >= 11 is 0. The highest BCUT2D eigenvalue weighted by Crippen LogP contribution is 2.65. The van der Waals surface area contributed by atoms with Crippen molar-refractivity contribution in [1.29, 1.82) is 0 Å². The maximum Gasteiger partial charge on any atom is 0.169 e. The molecule has 5 heteroatoms. The maximum absolute atomic E-state index is 15.2. The number of carbonyl (C=O) groups excluding carboxylic acids is 1. The van der Waals surface area contributed by atoms with E-state index in [0.717, 1.165) is 54.2 Å². The number of benzene rings is 3. The molecule has 2 aliphatic carbocycles. The number of methoxy groups -OCH3 is 1. The molecule has 3 aliphatic heterocycles. The quantitative estimate of drug-likeness (QED) is 0.344. The zero-order valence-electron chi connectivity index (χ0n) is 25.0. The third-order valence-corrected chi connectivity index (χ3v) is 10.5. The Morgan fingerprint density at radius 3 is 2.51 bits per heavy atom. The summed E-state index contributed by atoms with van der Waals surface area (Å²) in [4.78, 5) is 23.4. The number of rotatable bonds is 4. The molecule has 3 heterocycles. The van der Waals surface area contributed by atoms with Crippen molar-refractivity contribution in [1.82, 2.24) is 10.2 Å². The van der Waals surface area contributed by atoms with Crippen molar-refractivity contribution < 1.29 is 9.53 Å². The van der Waals surface area contributed by atoms with Gasteiger partial charge >= 0.3 is 0 Å². The smallest absolute Gasteiger partial charge is 0.169 e. The van der Waals surface area contributed by atoms with E-state index in [4.69, 9.17) is 9.73 Å². The molecule has 2 fully saturated rings. The summed E-state index contributed by atoms with van der Waals surface area (Å²) in [7, 11) is 1.70. The molecule has 3 aromatic carbocycles. The number of nitrogens with zero attached hydrogens (tertiary/aromatic N) is 2. The Hall–Kier alpha value is -4.22. The Morgan fingerprint density at radius 2 is 1.72 bits per heavy atom. The summed E-state index contributed by atoms with van der Waals surface area (Å²) in [6.45, 7) is 5.26. The van der Waals surface area contributed by atoms with Crippen LogP contribution in [0.2, 0.25) is 0 Å². The van der Waals surface area contributed by atoms with E-state index >= 15 is 4.79 Å². The molecule has 0 amide bonds. The molecule has 43 heavy (non-hydrogen) atoms. The van der Waals surface area contributed by atoms with Gasteiger partial charge in [-0.15, -0.1) is 0 Å². The van der Waals surface area contributed by atoms with E-state index < -0.39 is 5.54 Å². The van der Waals surface area contributed by atoms with Gasteiger partial charge in [-0.25, -0.2) is 0 Å². The highest BCUT2D eigenvalue weighted by molar-refractivity contribution is 6.08. The number of ketones is 1. The minimum Gasteiger partial charge on any atom is -0.497 e. The summed E-state index contributed by atoms with van der Waals surface area (Å²) in [6, 6.07) is 27.3. The van der Waals surface area contributed by atoms with Gasteiger partial charge in [-0.05, 0) is 73.7 Å². The minimum absolute atomic E-state index is 0.00233. The first-order valence-electron chi connectivity index (χ1n) is 15.6. The largest absolute Gasteiger partial charge is 0.497 e. The number of aliphatic imine (C=N–C) groups is 1. The third-order valence-electron chi connectivity index (χ3n) is 10.5. The van der Waals surface area contributed by atoms with Crippen LogP contribution in [0.4, 0.5) is 0 Å². The Bertz CT molecular complexity index is 1750. The number of allylic oxidation sites excluding steroid dienone is 2. The Labute approximate surface area is 253 Å². The first-order valence-corrected chi connectivity index (χ1v) is 15.6. The second-order valence-corrected chi connectivity index (χ2v) is 12.6. The molecular formula is C38H37N3O2. The van der Waals surface area contributed by atoms with Crippen molar-refractivity contribution in [2.75, 3.05) is 13.7 Å². The maximum atomic E-state index is 15.2. The van der Waals surface area contributed by atoms with Gasteiger partial charge in [0.15, 0.2) is 5.78 Å². The van der Waals surface area contributed by atoms with Crippen molar-refractivity contribution in [3.63, 3.8) is 0 Å². The minimum atomic E-state index is -0.683. The molecule has 5 aliphatic rings. The molecule has 1 N–H and O–H groups in total. The lowest BCUT2D eigenvalue weighted by atomic mass is 9.68.